The van der Waals surface area contributed by atoms with E-state index >= 15 is 0 Å². The van der Waals surface area contributed by atoms with E-state index in [4.69, 9.17) is 4.74 Å². The van der Waals surface area contributed by atoms with Gasteiger partial charge in [-0.15, -0.1) is 0 Å². The van der Waals surface area contributed by atoms with Gasteiger partial charge < -0.3 is 14.5 Å². The third-order valence-electron chi connectivity index (χ3n) is 6.46. The summed E-state index contributed by atoms with van der Waals surface area (Å²) in [4.78, 5) is 44.4. The third-order valence-corrected chi connectivity index (χ3v) is 6.46. The smallest absolute Gasteiger partial charge is 0.263 e. The molecule has 7 heteroatoms. The lowest BCUT2D eigenvalue weighted by Gasteiger charge is -2.36. The number of amides is 3. The van der Waals surface area contributed by atoms with E-state index in [9.17, 15) is 14.4 Å². The molecule has 0 aromatic heterocycles. The van der Waals surface area contributed by atoms with Crippen LogP contribution in [-0.2, 0) is 16.1 Å². The van der Waals surface area contributed by atoms with Gasteiger partial charge in [0.25, 0.3) is 11.8 Å². The molecule has 0 aliphatic carbocycles. The number of piperidine rings is 1. The van der Waals surface area contributed by atoms with Crippen molar-refractivity contribution in [2.45, 2.75) is 25.8 Å². The number of nitrogens with zero attached hydrogens (tertiary/aromatic N) is 3. The van der Waals surface area contributed by atoms with Gasteiger partial charge in [-0.05, 0) is 37.0 Å². The van der Waals surface area contributed by atoms with Crippen molar-refractivity contribution in [3.8, 4) is 0 Å². The van der Waals surface area contributed by atoms with Crippen LogP contribution in [0.5, 0.6) is 0 Å². The summed E-state index contributed by atoms with van der Waals surface area (Å²) in [6.07, 6.45) is 2.28. The predicted octanol–water partition coefficient (Wildman–Crippen LogP) is 3.19. The lowest BCUT2D eigenvalue weighted by Crippen LogP contribution is -2.44. The molecule has 0 N–H and O–H groups in total. The topological polar surface area (TPSA) is 70.2 Å². The Bertz CT molecular complexity index is 1020. The Morgan fingerprint density at radius 2 is 1.88 bits per heavy atom. The second-order valence-corrected chi connectivity index (χ2v) is 8.77. The Balaban J connectivity index is 1.49. The van der Waals surface area contributed by atoms with E-state index in [0.29, 0.717) is 43.8 Å². The molecule has 1 fully saturated rings. The van der Waals surface area contributed by atoms with E-state index < -0.39 is 0 Å². The summed E-state index contributed by atoms with van der Waals surface area (Å²) in [6.45, 7) is 2.70. The summed E-state index contributed by atoms with van der Waals surface area (Å²) < 4.78 is 5.07. The number of hydrogen-bond donors (Lipinski definition) is 0. The average Bonchev–Trinajstić information content (AvgIpc) is 3.09. The van der Waals surface area contributed by atoms with Crippen LogP contribution >= 0.6 is 0 Å². The van der Waals surface area contributed by atoms with Gasteiger partial charge >= 0.3 is 0 Å². The number of rotatable bonds is 8. The van der Waals surface area contributed by atoms with Crippen LogP contribution in [0.15, 0.2) is 48.5 Å². The molecule has 0 saturated carbocycles. The molecule has 3 amide bonds. The Morgan fingerprint density at radius 3 is 2.64 bits per heavy atom. The second kappa shape index (κ2) is 10.2. The van der Waals surface area contributed by atoms with Crippen molar-refractivity contribution in [1.82, 2.24) is 9.80 Å². The number of anilines is 1. The van der Waals surface area contributed by atoms with E-state index in [-0.39, 0.29) is 23.6 Å². The van der Waals surface area contributed by atoms with Gasteiger partial charge in [0.15, 0.2) is 0 Å². The highest BCUT2D eigenvalue weighted by atomic mass is 16.5. The quantitative estimate of drug-likeness (QED) is 0.457. The molecule has 2 heterocycles. The fourth-order valence-electron chi connectivity index (χ4n) is 4.79. The van der Waals surface area contributed by atoms with Crippen molar-refractivity contribution in [3.63, 3.8) is 0 Å². The minimum absolute atomic E-state index is 0.111. The molecule has 174 valence electrons. The molecular weight excluding hydrogens is 418 g/mol. The fourth-order valence-corrected chi connectivity index (χ4v) is 4.79. The van der Waals surface area contributed by atoms with Gasteiger partial charge in [0.05, 0.1) is 22.7 Å². The van der Waals surface area contributed by atoms with Crippen LogP contribution in [0.1, 0.15) is 45.5 Å². The van der Waals surface area contributed by atoms with Crippen molar-refractivity contribution in [2.24, 2.45) is 5.92 Å². The molecule has 1 saturated heterocycles. The first-order valence-corrected chi connectivity index (χ1v) is 11.5. The second-order valence-electron chi connectivity index (χ2n) is 8.77. The summed E-state index contributed by atoms with van der Waals surface area (Å²) >= 11 is 0. The van der Waals surface area contributed by atoms with Gasteiger partial charge in [0.2, 0.25) is 5.91 Å². The number of fused-ring (bicyclic) bond motifs is 1. The lowest BCUT2D eigenvalue weighted by atomic mass is 9.94. The monoisotopic (exact) mass is 449 g/mol. The molecule has 2 aromatic carbocycles. The van der Waals surface area contributed by atoms with Gasteiger partial charge in [-0.25, -0.2) is 0 Å². The number of imide groups is 1. The van der Waals surface area contributed by atoms with Crippen molar-refractivity contribution in [1.29, 1.82) is 0 Å². The van der Waals surface area contributed by atoms with Crippen LogP contribution in [0.4, 0.5) is 5.69 Å². The SMILES string of the molecule is COCCCN1C(=O)c2cccc(N3CCC[C@H](C(=O)N(C)Cc4ccccc4)C3)c2C1=O. The number of carbonyl (C=O) groups is 3. The highest BCUT2D eigenvalue weighted by molar-refractivity contribution is 6.23. The Kier molecular flexibility index (Phi) is 7.08. The number of carbonyl (C=O) groups excluding carboxylic acids is 3. The van der Waals surface area contributed by atoms with Crippen LogP contribution in [0.3, 0.4) is 0 Å². The van der Waals surface area contributed by atoms with Crippen LogP contribution in [0, 0.1) is 5.92 Å². The maximum Gasteiger partial charge on any atom is 0.263 e. The van der Waals surface area contributed by atoms with Crippen molar-refractivity contribution in [3.05, 3.63) is 65.2 Å². The van der Waals surface area contributed by atoms with Crippen LogP contribution < -0.4 is 4.90 Å². The maximum absolute atomic E-state index is 13.2. The van der Waals surface area contributed by atoms with Crippen molar-refractivity contribution in [2.75, 3.05) is 45.3 Å². The molecule has 33 heavy (non-hydrogen) atoms. The molecule has 0 bridgehead atoms. The van der Waals surface area contributed by atoms with Crippen LogP contribution in [-0.4, -0.2) is 67.9 Å². The fraction of sp³-hybridized carbons (Fsp3) is 0.423. The number of methoxy groups -OCH3 is 1. The molecule has 0 spiro atoms. The highest BCUT2D eigenvalue weighted by Crippen LogP contribution is 2.34. The first-order valence-electron chi connectivity index (χ1n) is 11.5. The standard InChI is InChI=1S/C26H31N3O4/c1-27(17-19-9-4-3-5-10-19)24(30)20-11-7-14-28(18-20)22-13-6-12-21-23(22)26(32)29(25(21)31)15-8-16-33-2/h3-6,9-10,12-13,20H,7-8,11,14-18H2,1-2H3/t20-/m0/s1. The molecule has 0 radical (unpaired) electrons. The van der Waals surface area contributed by atoms with Crippen LogP contribution in [0.2, 0.25) is 0 Å². The van der Waals surface area contributed by atoms with Gasteiger partial charge in [0.1, 0.15) is 0 Å². The predicted molar refractivity (Wildman–Crippen MR) is 126 cm³/mol. The van der Waals surface area contributed by atoms with E-state index in [1.165, 1.54) is 4.90 Å². The van der Waals surface area contributed by atoms with E-state index in [2.05, 4.69) is 4.90 Å². The van der Waals surface area contributed by atoms with E-state index in [1.807, 2.05) is 49.5 Å². The van der Waals surface area contributed by atoms with E-state index in [1.54, 1.807) is 18.1 Å². The molecule has 2 aliphatic rings. The summed E-state index contributed by atoms with van der Waals surface area (Å²) in [5.41, 5.74) is 2.76. The average molecular weight is 450 g/mol. The van der Waals surface area contributed by atoms with Gasteiger partial charge in [0, 0.05) is 46.9 Å². The third kappa shape index (κ3) is 4.78. The normalized spacial score (nSPS) is 17.9. The first-order chi connectivity index (χ1) is 16.0. The van der Waals surface area contributed by atoms with E-state index in [0.717, 1.165) is 30.6 Å². The molecule has 1 atom stereocenters. The summed E-state index contributed by atoms with van der Waals surface area (Å²) in [7, 11) is 3.44. The summed E-state index contributed by atoms with van der Waals surface area (Å²) in [5.74, 6) is -0.537. The van der Waals surface area contributed by atoms with Gasteiger partial charge in [-0.3, -0.25) is 19.3 Å². The van der Waals surface area contributed by atoms with Gasteiger partial charge in [-0.2, -0.15) is 0 Å². The van der Waals surface area contributed by atoms with Crippen molar-refractivity contribution < 1.29 is 19.1 Å². The molecule has 7 nitrogen and oxygen atoms in total. The lowest BCUT2D eigenvalue weighted by molar-refractivity contribution is -0.135. The zero-order valence-corrected chi connectivity index (χ0v) is 19.3. The zero-order chi connectivity index (χ0) is 23.4. The first kappa shape index (κ1) is 23.0. The highest BCUT2D eigenvalue weighted by Gasteiger charge is 2.39. The number of benzene rings is 2. The van der Waals surface area contributed by atoms with Gasteiger partial charge in [-0.1, -0.05) is 36.4 Å². The maximum atomic E-state index is 13.2. The molecule has 2 aliphatic heterocycles. The molecule has 0 unspecified atom stereocenters. The number of ether oxygens (including phenoxy) is 1. The minimum Gasteiger partial charge on any atom is -0.385 e. The van der Waals surface area contributed by atoms with Crippen LogP contribution in [0.25, 0.3) is 0 Å². The summed E-state index contributed by atoms with van der Waals surface area (Å²) in [6, 6.07) is 15.4. The molecule has 2 aromatic rings. The minimum atomic E-state index is -0.253. The van der Waals surface area contributed by atoms with Crippen molar-refractivity contribution >= 4 is 23.4 Å². The number of hydrogen-bond acceptors (Lipinski definition) is 5. The Labute approximate surface area is 194 Å². The zero-order valence-electron chi connectivity index (χ0n) is 19.3. The summed E-state index contributed by atoms with van der Waals surface area (Å²) in [5, 5.41) is 0. The largest absolute Gasteiger partial charge is 0.385 e. The Hall–Kier alpha value is -3.19. The molecular formula is C26H31N3O4. The Morgan fingerprint density at radius 1 is 1.09 bits per heavy atom. The molecule has 4 rings (SSSR count).